The third-order valence-electron chi connectivity index (χ3n) is 2.62. The lowest BCUT2D eigenvalue weighted by Crippen LogP contribution is -2.35. The summed E-state index contributed by atoms with van der Waals surface area (Å²) in [7, 11) is 1.86. The summed E-state index contributed by atoms with van der Waals surface area (Å²) >= 11 is 0. The molecule has 0 spiro atoms. The average Bonchev–Trinajstić information content (AvgIpc) is 2.15. The molecule has 2 nitrogen and oxygen atoms in total. The number of hydrogen-bond acceptors (Lipinski definition) is 1. The summed E-state index contributed by atoms with van der Waals surface area (Å²) in [5.74, 6) is 0.604. The van der Waals surface area contributed by atoms with Crippen molar-refractivity contribution in [1.82, 2.24) is 4.90 Å². The van der Waals surface area contributed by atoms with Crippen molar-refractivity contribution in [1.29, 1.82) is 0 Å². The van der Waals surface area contributed by atoms with Crippen LogP contribution in [0.5, 0.6) is 0 Å². The second kappa shape index (κ2) is 2.87. The predicted molar refractivity (Wildman–Crippen MR) is 51.8 cm³/mol. The Balaban J connectivity index is 2.54. The van der Waals surface area contributed by atoms with Crippen LogP contribution in [-0.2, 0) is 0 Å². The lowest BCUT2D eigenvalue weighted by molar-refractivity contribution is 0.0768. The van der Waals surface area contributed by atoms with E-state index < -0.39 is 0 Å². The molecule has 1 aromatic carbocycles. The van der Waals surface area contributed by atoms with Gasteiger partial charge >= 0.3 is 0 Å². The van der Waals surface area contributed by atoms with Gasteiger partial charge in [-0.2, -0.15) is 0 Å². The van der Waals surface area contributed by atoms with Crippen LogP contribution in [0.3, 0.4) is 0 Å². The summed E-state index contributed by atoms with van der Waals surface area (Å²) in [6.45, 7) is 2.98. The molecule has 2 rings (SSSR count). The Morgan fingerprint density at radius 3 is 2.85 bits per heavy atom. The second-order valence-electron chi connectivity index (χ2n) is 3.67. The zero-order chi connectivity index (χ0) is 9.42. The fraction of sp³-hybridized carbons (Fsp3) is 0.364. The SMILES string of the molecule is C[C@@H]1CN(C)C(=O)c2ccccc21. The van der Waals surface area contributed by atoms with Crippen LogP contribution in [0.25, 0.3) is 0 Å². The highest BCUT2D eigenvalue weighted by atomic mass is 16.2. The van der Waals surface area contributed by atoms with E-state index in [2.05, 4.69) is 6.92 Å². The van der Waals surface area contributed by atoms with E-state index in [0.29, 0.717) is 5.92 Å². The third kappa shape index (κ3) is 1.22. The number of hydrogen-bond donors (Lipinski definition) is 0. The van der Waals surface area contributed by atoms with E-state index in [1.807, 2.05) is 31.3 Å². The van der Waals surface area contributed by atoms with Crippen molar-refractivity contribution >= 4 is 5.91 Å². The Hall–Kier alpha value is -1.31. The molecule has 1 atom stereocenters. The Bertz CT molecular complexity index is 346. The van der Waals surface area contributed by atoms with Crippen LogP contribution in [0.2, 0.25) is 0 Å². The zero-order valence-electron chi connectivity index (χ0n) is 7.95. The highest BCUT2D eigenvalue weighted by Crippen LogP contribution is 2.26. The monoisotopic (exact) mass is 175 g/mol. The minimum atomic E-state index is 0.147. The van der Waals surface area contributed by atoms with Gasteiger partial charge in [0.15, 0.2) is 0 Å². The summed E-state index contributed by atoms with van der Waals surface area (Å²) in [4.78, 5) is 13.5. The molecule has 0 radical (unpaired) electrons. The van der Waals surface area contributed by atoms with E-state index >= 15 is 0 Å². The molecule has 2 heteroatoms. The Morgan fingerprint density at radius 1 is 1.38 bits per heavy atom. The van der Waals surface area contributed by atoms with Crippen LogP contribution in [0.4, 0.5) is 0 Å². The van der Waals surface area contributed by atoms with E-state index in [0.717, 1.165) is 12.1 Å². The maximum Gasteiger partial charge on any atom is 0.253 e. The van der Waals surface area contributed by atoms with E-state index in [1.54, 1.807) is 4.90 Å². The van der Waals surface area contributed by atoms with Gasteiger partial charge < -0.3 is 4.90 Å². The topological polar surface area (TPSA) is 20.3 Å². The molecule has 1 amide bonds. The molecule has 68 valence electrons. The summed E-state index contributed by atoms with van der Waals surface area (Å²) in [6.07, 6.45) is 0. The normalized spacial score (nSPS) is 21.5. The standard InChI is InChI=1S/C11H13NO/c1-8-7-12(2)11(13)10-6-4-3-5-9(8)10/h3-6,8H,7H2,1-2H3/t8-/m1/s1. The van der Waals surface area contributed by atoms with Gasteiger partial charge in [0, 0.05) is 19.2 Å². The van der Waals surface area contributed by atoms with Crippen molar-refractivity contribution in [3.05, 3.63) is 35.4 Å². The van der Waals surface area contributed by atoms with Crippen molar-refractivity contribution < 1.29 is 4.79 Å². The van der Waals surface area contributed by atoms with Gasteiger partial charge in [-0.05, 0) is 17.5 Å². The first kappa shape index (κ1) is 8.30. The van der Waals surface area contributed by atoms with Gasteiger partial charge in [-0.25, -0.2) is 0 Å². The van der Waals surface area contributed by atoms with E-state index in [4.69, 9.17) is 0 Å². The lowest BCUT2D eigenvalue weighted by atomic mass is 9.91. The first-order valence-electron chi connectivity index (χ1n) is 4.54. The van der Waals surface area contributed by atoms with Crippen LogP contribution in [0.15, 0.2) is 24.3 Å². The van der Waals surface area contributed by atoms with Gasteiger partial charge in [0.1, 0.15) is 0 Å². The van der Waals surface area contributed by atoms with Crippen LogP contribution < -0.4 is 0 Å². The molecule has 0 saturated carbocycles. The smallest absolute Gasteiger partial charge is 0.253 e. The van der Waals surface area contributed by atoms with Crippen LogP contribution in [0, 0.1) is 0 Å². The first-order chi connectivity index (χ1) is 6.20. The highest BCUT2D eigenvalue weighted by Gasteiger charge is 2.25. The molecule has 1 heterocycles. The highest BCUT2D eigenvalue weighted by molar-refractivity contribution is 5.96. The van der Waals surface area contributed by atoms with Crippen molar-refractivity contribution in [2.45, 2.75) is 12.8 Å². The van der Waals surface area contributed by atoms with Crippen molar-refractivity contribution in [2.24, 2.45) is 0 Å². The molecule has 13 heavy (non-hydrogen) atoms. The molecule has 1 aliphatic rings. The fourth-order valence-electron chi connectivity index (χ4n) is 1.92. The molecule has 0 aromatic heterocycles. The first-order valence-corrected chi connectivity index (χ1v) is 4.54. The molecular weight excluding hydrogens is 162 g/mol. The molecule has 0 unspecified atom stereocenters. The van der Waals surface area contributed by atoms with E-state index in [1.165, 1.54) is 5.56 Å². The molecule has 0 N–H and O–H groups in total. The average molecular weight is 175 g/mol. The minimum Gasteiger partial charge on any atom is -0.341 e. The van der Waals surface area contributed by atoms with Crippen LogP contribution >= 0.6 is 0 Å². The van der Waals surface area contributed by atoms with Gasteiger partial charge in [0.2, 0.25) is 0 Å². The second-order valence-corrected chi connectivity index (χ2v) is 3.67. The quantitative estimate of drug-likeness (QED) is 0.589. The maximum atomic E-state index is 11.7. The summed E-state index contributed by atoms with van der Waals surface area (Å²) in [6, 6.07) is 7.87. The van der Waals surface area contributed by atoms with Crippen molar-refractivity contribution in [3.63, 3.8) is 0 Å². The molecule has 0 saturated heterocycles. The number of carbonyl (C=O) groups excluding carboxylic acids is 1. The molecule has 1 aromatic rings. The van der Waals surface area contributed by atoms with Gasteiger partial charge in [0.05, 0.1) is 0 Å². The Labute approximate surface area is 78.2 Å². The van der Waals surface area contributed by atoms with E-state index in [-0.39, 0.29) is 5.91 Å². The predicted octanol–water partition coefficient (Wildman–Crippen LogP) is 1.88. The number of amides is 1. The number of likely N-dealkylation sites (N-methyl/N-ethyl adjacent to an activating group) is 1. The summed E-state index contributed by atoms with van der Waals surface area (Å²) in [5.41, 5.74) is 2.05. The minimum absolute atomic E-state index is 0.147. The number of rotatable bonds is 0. The number of benzene rings is 1. The largest absolute Gasteiger partial charge is 0.341 e. The number of fused-ring (bicyclic) bond motifs is 1. The van der Waals surface area contributed by atoms with Crippen LogP contribution in [-0.4, -0.2) is 24.4 Å². The van der Waals surface area contributed by atoms with Crippen molar-refractivity contribution in [2.75, 3.05) is 13.6 Å². The Morgan fingerprint density at radius 2 is 2.08 bits per heavy atom. The summed E-state index contributed by atoms with van der Waals surface area (Å²) < 4.78 is 0. The van der Waals surface area contributed by atoms with Gasteiger partial charge in [-0.15, -0.1) is 0 Å². The number of carbonyl (C=O) groups is 1. The van der Waals surface area contributed by atoms with Gasteiger partial charge in [-0.1, -0.05) is 25.1 Å². The number of nitrogens with zero attached hydrogens (tertiary/aromatic N) is 1. The molecule has 0 bridgehead atoms. The maximum absolute atomic E-state index is 11.7. The molecular formula is C11H13NO. The molecule has 0 aliphatic carbocycles. The third-order valence-corrected chi connectivity index (χ3v) is 2.62. The van der Waals surface area contributed by atoms with E-state index in [9.17, 15) is 4.79 Å². The molecule has 1 aliphatic heterocycles. The molecule has 0 fully saturated rings. The zero-order valence-corrected chi connectivity index (χ0v) is 7.95. The summed E-state index contributed by atoms with van der Waals surface area (Å²) in [5, 5.41) is 0. The van der Waals surface area contributed by atoms with Crippen LogP contribution in [0.1, 0.15) is 28.8 Å². The van der Waals surface area contributed by atoms with Gasteiger partial charge in [0.25, 0.3) is 5.91 Å². The lowest BCUT2D eigenvalue weighted by Gasteiger charge is -2.29. The fourth-order valence-corrected chi connectivity index (χ4v) is 1.92. The van der Waals surface area contributed by atoms with Crippen molar-refractivity contribution in [3.8, 4) is 0 Å². The van der Waals surface area contributed by atoms with Gasteiger partial charge in [-0.3, -0.25) is 4.79 Å². The Kier molecular flexibility index (Phi) is 1.83.